The van der Waals surface area contributed by atoms with Crippen LogP contribution in [0.25, 0.3) is 32.3 Å². The molecule has 0 saturated carbocycles. The molecule has 0 saturated heterocycles. The van der Waals surface area contributed by atoms with Crippen molar-refractivity contribution < 1.29 is 4.39 Å². The summed E-state index contributed by atoms with van der Waals surface area (Å²) in [6.45, 7) is 0. The summed E-state index contributed by atoms with van der Waals surface area (Å²) in [5.74, 6) is -0.137. The second-order valence-corrected chi connectivity index (χ2v) is 4.41. The molecular formula is C16H9F. The maximum absolute atomic E-state index is 14.0. The molecule has 0 aliphatic heterocycles. The van der Waals surface area contributed by atoms with Gasteiger partial charge in [0.05, 0.1) is 0 Å². The summed E-state index contributed by atoms with van der Waals surface area (Å²) in [6, 6.07) is 17.6. The van der Waals surface area contributed by atoms with E-state index in [-0.39, 0.29) is 5.82 Å². The zero-order chi connectivity index (χ0) is 11.4. The second-order valence-electron chi connectivity index (χ2n) is 4.41. The van der Waals surface area contributed by atoms with Crippen LogP contribution in [0.15, 0.2) is 54.6 Å². The Balaban J connectivity index is 2.50. The molecule has 0 atom stereocenters. The molecule has 0 amide bonds. The van der Waals surface area contributed by atoms with E-state index in [2.05, 4.69) is 18.2 Å². The predicted molar refractivity (Wildman–Crippen MR) is 70.1 cm³/mol. The third kappa shape index (κ3) is 1.06. The van der Waals surface area contributed by atoms with Crippen LogP contribution in [0.4, 0.5) is 4.39 Å². The zero-order valence-electron chi connectivity index (χ0n) is 9.07. The van der Waals surface area contributed by atoms with Gasteiger partial charge in [-0.1, -0.05) is 48.5 Å². The highest BCUT2D eigenvalue weighted by Gasteiger charge is 2.10. The first-order chi connectivity index (χ1) is 8.34. The highest BCUT2D eigenvalue weighted by Crippen LogP contribution is 2.35. The molecule has 0 unspecified atom stereocenters. The number of hydrogen-bond donors (Lipinski definition) is 0. The van der Waals surface area contributed by atoms with Gasteiger partial charge in [0.2, 0.25) is 0 Å². The first-order valence-electron chi connectivity index (χ1n) is 5.67. The second kappa shape index (κ2) is 2.95. The van der Waals surface area contributed by atoms with Gasteiger partial charge in [0.1, 0.15) is 5.82 Å². The monoisotopic (exact) mass is 220 g/mol. The predicted octanol–water partition coefficient (Wildman–Crippen LogP) is 4.72. The molecule has 0 nitrogen and oxygen atoms in total. The van der Waals surface area contributed by atoms with Crippen LogP contribution in [-0.4, -0.2) is 0 Å². The number of halogens is 1. The maximum Gasteiger partial charge on any atom is 0.131 e. The van der Waals surface area contributed by atoms with Crippen molar-refractivity contribution in [2.45, 2.75) is 0 Å². The molecule has 0 N–H and O–H groups in total. The molecule has 0 aliphatic rings. The molecule has 0 aromatic heterocycles. The molecule has 0 bridgehead atoms. The van der Waals surface area contributed by atoms with Crippen LogP contribution in [0.2, 0.25) is 0 Å². The molecule has 17 heavy (non-hydrogen) atoms. The van der Waals surface area contributed by atoms with E-state index in [4.69, 9.17) is 0 Å². The smallest absolute Gasteiger partial charge is 0.131 e. The molecule has 80 valence electrons. The summed E-state index contributed by atoms with van der Waals surface area (Å²) < 4.78 is 14.0. The average Bonchev–Trinajstić information content (AvgIpc) is 2.37. The Morgan fingerprint density at radius 2 is 1.29 bits per heavy atom. The lowest BCUT2D eigenvalue weighted by molar-refractivity contribution is 0.641. The minimum atomic E-state index is -0.137. The fourth-order valence-electron chi connectivity index (χ4n) is 2.72. The van der Waals surface area contributed by atoms with Gasteiger partial charge in [-0.05, 0) is 27.6 Å². The van der Waals surface area contributed by atoms with Gasteiger partial charge in [0.15, 0.2) is 0 Å². The van der Waals surface area contributed by atoms with Crippen LogP contribution < -0.4 is 0 Å². The van der Waals surface area contributed by atoms with Crippen molar-refractivity contribution in [3.63, 3.8) is 0 Å². The van der Waals surface area contributed by atoms with Crippen LogP contribution in [0.1, 0.15) is 0 Å². The van der Waals surface area contributed by atoms with Crippen molar-refractivity contribution in [3.8, 4) is 0 Å². The normalized spacial score (nSPS) is 11.8. The van der Waals surface area contributed by atoms with Crippen molar-refractivity contribution in [2.75, 3.05) is 0 Å². The minimum absolute atomic E-state index is 0.137. The van der Waals surface area contributed by atoms with E-state index >= 15 is 0 Å². The summed E-state index contributed by atoms with van der Waals surface area (Å²) >= 11 is 0. The standard InChI is InChI=1S/C16H9F/c17-14-9-12-5-1-3-10-7-8-11-4-2-6-13(14)16(11)15(10)12/h1-9H. The number of hydrogen-bond acceptors (Lipinski definition) is 0. The minimum Gasteiger partial charge on any atom is -0.206 e. The molecule has 0 fully saturated rings. The van der Waals surface area contributed by atoms with Gasteiger partial charge in [-0.25, -0.2) is 4.39 Å². The highest BCUT2D eigenvalue weighted by molar-refractivity contribution is 6.22. The van der Waals surface area contributed by atoms with Gasteiger partial charge >= 0.3 is 0 Å². The van der Waals surface area contributed by atoms with Crippen LogP contribution in [0.5, 0.6) is 0 Å². The number of benzene rings is 4. The van der Waals surface area contributed by atoms with Gasteiger partial charge in [0.25, 0.3) is 0 Å². The van der Waals surface area contributed by atoms with Crippen molar-refractivity contribution >= 4 is 32.3 Å². The molecule has 0 aliphatic carbocycles. The van der Waals surface area contributed by atoms with Crippen LogP contribution >= 0.6 is 0 Å². The van der Waals surface area contributed by atoms with Crippen molar-refractivity contribution in [3.05, 3.63) is 60.4 Å². The Bertz CT molecular complexity index is 846. The third-order valence-corrected chi connectivity index (χ3v) is 3.46. The third-order valence-electron chi connectivity index (χ3n) is 3.46. The summed E-state index contributed by atoms with van der Waals surface area (Å²) in [4.78, 5) is 0. The van der Waals surface area contributed by atoms with E-state index in [9.17, 15) is 4.39 Å². The average molecular weight is 220 g/mol. The molecule has 0 radical (unpaired) electrons. The Kier molecular flexibility index (Phi) is 1.55. The highest BCUT2D eigenvalue weighted by atomic mass is 19.1. The van der Waals surface area contributed by atoms with Crippen LogP contribution in [0.3, 0.4) is 0 Å². The summed E-state index contributed by atoms with van der Waals surface area (Å²) in [5, 5.41) is 6.18. The van der Waals surface area contributed by atoms with Crippen molar-refractivity contribution in [1.82, 2.24) is 0 Å². The Morgan fingerprint density at radius 1 is 0.647 bits per heavy atom. The van der Waals surface area contributed by atoms with Gasteiger partial charge in [-0.3, -0.25) is 0 Å². The summed E-state index contributed by atoms with van der Waals surface area (Å²) in [7, 11) is 0. The topological polar surface area (TPSA) is 0 Å². The number of rotatable bonds is 0. The summed E-state index contributed by atoms with van der Waals surface area (Å²) in [6.07, 6.45) is 0. The SMILES string of the molecule is Fc1cc2cccc3ccc4cccc1c4c32. The van der Waals surface area contributed by atoms with Crippen LogP contribution in [0, 0.1) is 5.82 Å². The molecule has 4 aromatic carbocycles. The quantitative estimate of drug-likeness (QED) is 0.376. The lowest BCUT2D eigenvalue weighted by Crippen LogP contribution is -1.86. The Morgan fingerprint density at radius 3 is 2.12 bits per heavy atom. The first kappa shape index (κ1) is 8.94. The molecule has 0 heterocycles. The van der Waals surface area contributed by atoms with Crippen molar-refractivity contribution in [2.24, 2.45) is 0 Å². The van der Waals surface area contributed by atoms with Gasteiger partial charge in [-0.2, -0.15) is 0 Å². The fraction of sp³-hybridized carbons (Fsp3) is 0. The van der Waals surface area contributed by atoms with E-state index in [1.165, 1.54) is 10.8 Å². The van der Waals surface area contributed by atoms with Crippen molar-refractivity contribution in [1.29, 1.82) is 0 Å². The van der Waals surface area contributed by atoms with E-state index in [0.717, 1.165) is 16.2 Å². The zero-order valence-corrected chi connectivity index (χ0v) is 9.07. The maximum atomic E-state index is 14.0. The van der Waals surface area contributed by atoms with Gasteiger partial charge in [0, 0.05) is 10.8 Å². The molecular weight excluding hydrogens is 211 g/mol. The molecule has 0 spiro atoms. The van der Waals surface area contributed by atoms with Crippen LogP contribution in [-0.2, 0) is 0 Å². The molecule has 4 rings (SSSR count). The van der Waals surface area contributed by atoms with Gasteiger partial charge < -0.3 is 0 Å². The largest absolute Gasteiger partial charge is 0.206 e. The molecule has 1 heteroatoms. The first-order valence-corrected chi connectivity index (χ1v) is 5.67. The summed E-state index contributed by atoms with van der Waals surface area (Å²) in [5.41, 5.74) is 0. The fourth-order valence-corrected chi connectivity index (χ4v) is 2.72. The van der Waals surface area contributed by atoms with E-state index in [1.807, 2.05) is 30.3 Å². The molecule has 4 aromatic rings. The lowest BCUT2D eigenvalue weighted by atomic mass is 9.94. The van der Waals surface area contributed by atoms with E-state index in [0.29, 0.717) is 5.39 Å². The van der Waals surface area contributed by atoms with E-state index < -0.39 is 0 Å². The van der Waals surface area contributed by atoms with Gasteiger partial charge in [-0.15, -0.1) is 0 Å². The lowest BCUT2D eigenvalue weighted by Gasteiger charge is -2.10. The Labute approximate surface area is 97.6 Å². The Hall–Kier alpha value is -2.15. The van der Waals surface area contributed by atoms with E-state index in [1.54, 1.807) is 6.07 Å².